The van der Waals surface area contributed by atoms with Gasteiger partial charge in [0.2, 0.25) is 0 Å². The average molecular weight is 176 g/mol. The number of para-hydroxylation sites is 1. The molecule has 70 valence electrons. The molecule has 0 N–H and O–H groups in total. The molecular weight excluding hydrogens is 160 g/mol. The van der Waals surface area contributed by atoms with Crippen LogP contribution in [-0.2, 0) is 6.42 Å². The predicted octanol–water partition coefficient (Wildman–Crippen LogP) is 3.20. The van der Waals surface area contributed by atoms with Gasteiger partial charge in [0.05, 0.1) is 0 Å². The summed E-state index contributed by atoms with van der Waals surface area (Å²) >= 11 is 0. The van der Waals surface area contributed by atoms with Crippen LogP contribution in [0.1, 0.15) is 19.4 Å². The van der Waals surface area contributed by atoms with Gasteiger partial charge in [0, 0.05) is 6.42 Å². The Kier molecular flexibility index (Phi) is 3.56. The van der Waals surface area contributed by atoms with Crippen LogP contribution in [0.15, 0.2) is 36.4 Å². The van der Waals surface area contributed by atoms with Gasteiger partial charge in [0.15, 0.2) is 0 Å². The number of fused-ring (bicyclic) bond motifs is 1. The summed E-state index contributed by atoms with van der Waals surface area (Å²) in [6.45, 7) is 8.57. The fourth-order valence-electron chi connectivity index (χ4n) is 1.29. The first kappa shape index (κ1) is 9.85. The van der Waals surface area contributed by atoms with Crippen LogP contribution >= 0.6 is 0 Å². The number of benzene rings is 1. The zero-order valence-electron chi connectivity index (χ0n) is 8.34. The van der Waals surface area contributed by atoms with E-state index in [1.54, 1.807) is 0 Å². The van der Waals surface area contributed by atoms with E-state index in [1.165, 1.54) is 5.56 Å². The fraction of sp³-hybridized carbons (Fsp3) is 0.333. The van der Waals surface area contributed by atoms with Gasteiger partial charge in [0.25, 0.3) is 0 Å². The lowest BCUT2D eigenvalue weighted by Crippen LogP contribution is -2.10. The van der Waals surface area contributed by atoms with Crippen LogP contribution in [0.2, 0.25) is 0 Å². The molecule has 0 atom stereocenters. The van der Waals surface area contributed by atoms with E-state index in [0.717, 1.165) is 17.7 Å². The molecule has 1 aliphatic heterocycles. The Balaban J connectivity index is 0.000000396. The van der Waals surface area contributed by atoms with Crippen molar-refractivity contribution in [3.63, 3.8) is 0 Å². The van der Waals surface area contributed by atoms with Gasteiger partial charge < -0.3 is 4.74 Å². The third-order valence-corrected chi connectivity index (χ3v) is 1.84. The van der Waals surface area contributed by atoms with Crippen LogP contribution < -0.4 is 4.74 Å². The molecular formula is C12H16O. The molecule has 0 spiro atoms. The van der Waals surface area contributed by atoms with E-state index in [-0.39, 0.29) is 0 Å². The Morgan fingerprint density at radius 3 is 2.69 bits per heavy atom. The molecule has 1 nitrogen and oxygen atoms in total. The molecule has 2 rings (SSSR count). The molecule has 1 aliphatic rings. The van der Waals surface area contributed by atoms with E-state index in [1.807, 2.05) is 32.0 Å². The van der Waals surface area contributed by atoms with Gasteiger partial charge >= 0.3 is 0 Å². The van der Waals surface area contributed by atoms with Crippen molar-refractivity contribution < 1.29 is 4.74 Å². The minimum Gasteiger partial charge on any atom is -0.489 e. The first-order chi connectivity index (χ1) is 6.36. The van der Waals surface area contributed by atoms with Crippen molar-refractivity contribution in [3.8, 4) is 5.75 Å². The molecule has 0 aromatic heterocycles. The van der Waals surface area contributed by atoms with Gasteiger partial charge in [-0.15, -0.1) is 0 Å². The third-order valence-electron chi connectivity index (χ3n) is 1.84. The molecule has 0 bridgehead atoms. The van der Waals surface area contributed by atoms with E-state index in [0.29, 0.717) is 6.61 Å². The molecule has 0 amide bonds. The van der Waals surface area contributed by atoms with Crippen molar-refractivity contribution in [2.24, 2.45) is 0 Å². The lowest BCUT2D eigenvalue weighted by Gasteiger charge is -2.18. The molecule has 0 aliphatic carbocycles. The van der Waals surface area contributed by atoms with Crippen molar-refractivity contribution in [3.05, 3.63) is 42.0 Å². The third kappa shape index (κ3) is 2.35. The van der Waals surface area contributed by atoms with Gasteiger partial charge in [-0.1, -0.05) is 38.6 Å². The molecule has 0 fully saturated rings. The van der Waals surface area contributed by atoms with Gasteiger partial charge in [-0.05, 0) is 17.2 Å². The first-order valence-electron chi connectivity index (χ1n) is 4.73. The Morgan fingerprint density at radius 1 is 1.23 bits per heavy atom. The largest absolute Gasteiger partial charge is 0.489 e. The van der Waals surface area contributed by atoms with Crippen molar-refractivity contribution in [2.75, 3.05) is 6.61 Å². The fourth-order valence-corrected chi connectivity index (χ4v) is 1.29. The standard InChI is InChI=1S/C10H10O.C2H6/c1-8-6-9-4-2-3-5-10(9)11-7-8;1-2/h2-5H,1,6-7H2;1-2H3. The molecule has 0 saturated carbocycles. The molecule has 0 saturated heterocycles. The lowest BCUT2D eigenvalue weighted by atomic mass is 10.0. The van der Waals surface area contributed by atoms with Crippen molar-refractivity contribution in [1.29, 1.82) is 0 Å². The summed E-state index contributed by atoms with van der Waals surface area (Å²) in [5.41, 5.74) is 2.41. The van der Waals surface area contributed by atoms with E-state index < -0.39 is 0 Å². The maximum atomic E-state index is 5.44. The quantitative estimate of drug-likeness (QED) is 0.551. The Labute approximate surface area is 80.0 Å². The summed E-state index contributed by atoms with van der Waals surface area (Å²) in [4.78, 5) is 0. The molecule has 0 radical (unpaired) electrons. The van der Waals surface area contributed by atoms with E-state index >= 15 is 0 Å². The summed E-state index contributed by atoms with van der Waals surface area (Å²) in [6, 6.07) is 8.11. The van der Waals surface area contributed by atoms with Gasteiger partial charge in [-0.2, -0.15) is 0 Å². The van der Waals surface area contributed by atoms with Crippen molar-refractivity contribution in [1.82, 2.24) is 0 Å². The zero-order chi connectivity index (χ0) is 9.68. The van der Waals surface area contributed by atoms with E-state index in [2.05, 4.69) is 12.6 Å². The Morgan fingerprint density at radius 2 is 1.92 bits per heavy atom. The first-order valence-corrected chi connectivity index (χ1v) is 4.73. The Hall–Kier alpha value is -1.24. The monoisotopic (exact) mass is 176 g/mol. The normalized spacial score (nSPS) is 13.5. The molecule has 0 unspecified atom stereocenters. The van der Waals surface area contributed by atoms with Crippen LogP contribution in [0.25, 0.3) is 0 Å². The zero-order valence-corrected chi connectivity index (χ0v) is 8.34. The highest BCUT2D eigenvalue weighted by Gasteiger charge is 2.10. The van der Waals surface area contributed by atoms with E-state index in [4.69, 9.17) is 4.74 Å². The van der Waals surface area contributed by atoms with Crippen LogP contribution in [0, 0.1) is 0 Å². The molecule has 13 heavy (non-hydrogen) atoms. The second-order valence-corrected chi connectivity index (χ2v) is 2.82. The van der Waals surface area contributed by atoms with E-state index in [9.17, 15) is 0 Å². The minimum atomic E-state index is 0.678. The maximum Gasteiger partial charge on any atom is 0.123 e. The summed E-state index contributed by atoms with van der Waals surface area (Å²) in [6.07, 6.45) is 0.968. The second kappa shape index (κ2) is 4.70. The number of hydrogen-bond acceptors (Lipinski definition) is 1. The molecule has 1 aromatic rings. The smallest absolute Gasteiger partial charge is 0.123 e. The SMILES string of the molecule is C=C1COc2ccccc2C1.CC. The lowest BCUT2D eigenvalue weighted by molar-refractivity contribution is 0.332. The maximum absolute atomic E-state index is 5.44. The van der Waals surface area contributed by atoms with Crippen molar-refractivity contribution in [2.45, 2.75) is 20.3 Å². The highest BCUT2D eigenvalue weighted by Crippen LogP contribution is 2.25. The number of rotatable bonds is 0. The van der Waals surface area contributed by atoms with Crippen molar-refractivity contribution >= 4 is 0 Å². The summed E-state index contributed by atoms with van der Waals surface area (Å²) in [5.74, 6) is 1.01. The molecule has 1 heterocycles. The highest BCUT2D eigenvalue weighted by atomic mass is 16.5. The molecule has 1 aromatic carbocycles. The van der Waals surface area contributed by atoms with Crippen LogP contribution in [-0.4, -0.2) is 6.61 Å². The van der Waals surface area contributed by atoms with Gasteiger partial charge in [-0.25, -0.2) is 0 Å². The predicted molar refractivity (Wildman–Crippen MR) is 56.1 cm³/mol. The van der Waals surface area contributed by atoms with Crippen LogP contribution in [0.3, 0.4) is 0 Å². The van der Waals surface area contributed by atoms with Gasteiger partial charge in [-0.3, -0.25) is 0 Å². The summed E-state index contributed by atoms with van der Waals surface area (Å²) in [7, 11) is 0. The topological polar surface area (TPSA) is 9.23 Å². The van der Waals surface area contributed by atoms with Gasteiger partial charge in [0.1, 0.15) is 12.4 Å². The number of ether oxygens (including phenoxy) is 1. The highest BCUT2D eigenvalue weighted by molar-refractivity contribution is 5.38. The van der Waals surface area contributed by atoms with Crippen LogP contribution in [0.5, 0.6) is 5.75 Å². The summed E-state index contributed by atoms with van der Waals surface area (Å²) in [5, 5.41) is 0. The summed E-state index contributed by atoms with van der Waals surface area (Å²) < 4.78 is 5.44. The minimum absolute atomic E-state index is 0.678. The number of hydrogen-bond donors (Lipinski definition) is 0. The van der Waals surface area contributed by atoms with Crippen LogP contribution in [0.4, 0.5) is 0 Å². The second-order valence-electron chi connectivity index (χ2n) is 2.82. The Bertz CT molecular complexity index is 289. The average Bonchev–Trinajstić information content (AvgIpc) is 2.21. The molecule has 1 heteroatoms.